The van der Waals surface area contributed by atoms with Crippen LogP contribution in [0.2, 0.25) is 0 Å². The molecule has 0 saturated heterocycles. The number of hydrogen-bond donors (Lipinski definition) is 2. The van der Waals surface area contributed by atoms with Crippen LogP contribution in [-0.4, -0.2) is 29.5 Å². The molecule has 1 saturated carbocycles. The Labute approximate surface area is 118 Å². The SMILES string of the molecule is CCC(CC)O[C@H]1[C@H](C)[C@@H](N)CC(CC)(CC)[C@@H]1O. The number of aliphatic hydroxyl groups is 1. The van der Waals surface area contributed by atoms with E-state index < -0.39 is 6.10 Å². The van der Waals surface area contributed by atoms with Gasteiger partial charge < -0.3 is 15.6 Å². The third-order valence-corrected chi connectivity index (χ3v) is 5.44. The Bertz CT molecular complexity index is 261. The van der Waals surface area contributed by atoms with Crippen LogP contribution in [-0.2, 0) is 4.74 Å². The Kier molecular flexibility index (Phi) is 6.28. The Morgan fingerprint density at radius 3 is 2.16 bits per heavy atom. The molecule has 3 heteroatoms. The second kappa shape index (κ2) is 7.05. The first-order valence-corrected chi connectivity index (χ1v) is 8.04. The minimum atomic E-state index is -0.391. The fourth-order valence-corrected chi connectivity index (χ4v) is 3.51. The molecule has 0 unspecified atom stereocenters. The van der Waals surface area contributed by atoms with Gasteiger partial charge in [0.1, 0.15) is 0 Å². The lowest BCUT2D eigenvalue weighted by Gasteiger charge is -2.50. The van der Waals surface area contributed by atoms with Crippen LogP contribution < -0.4 is 5.73 Å². The Hall–Kier alpha value is -0.120. The van der Waals surface area contributed by atoms with Crippen molar-refractivity contribution in [2.24, 2.45) is 17.1 Å². The van der Waals surface area contributed by atoms with Gasteiger partial charge in [0, 0.05) is 6.04 Å². The first-order valence-electron chi connectivity index (χ1n) is 8.04. The van der Waals surface area contributed by atoms with Crippen LogP contribution in [0.5, 0.6) is 0 Å². The molecular weight excluding hydrogens is 238 g/mol. The van der Waals surface area contributed by atoms with Gasteiger partial charge in [-0.05, 0) is 43.4 Å². The molecule has 114 valence electrons. The van der Waals surface area contributed by atoms with Crippen molar-refractivity contribution < 1.29 is 9.84 Å². The second-order valence-electron chi connectivity index (χ2n) is 6.28. The van der Waals surface area contributed by atoms with Crippen molar-refractivity contribution in [1.29, 1.82) is 0 Å². The minimum absolute atomic E-state index is 0.0668. The molecule has 1 fully saturated rings. The van der Waals surface area contributed by atoms with E-state index >= 15 is 0 Å². The summed E-state index contributed by atoms with van der Waals surface area (Å²) in [5.41, 5.74) is 6.26. The molecule has 3 N–H and O–H groups in total. The summed E-state index contributed by atoms with van der Waals surface area (Å²) in [6.45, 7) is 10.7. The summed E-state index contributed by atoms with van der Waals surface area (Å²) < 4.78 is 6.21. The van der Waals surface area contributed by atoms with Crippen LogP contribution in [0.25, 0.3) is 0 Å². The summed E-state index contributed by atoms with van der Waals surface area (Å²) in [5, 5.41) is 10.8. The van der Waals surface area contributed by atoms with Gasteiger partial charge in [0.15, 0.2) is 0 Å². The highest BCUT2D eigenvalue weighted by atomic mass is 16.5. The van der Waals surface area contributed by atoms with Crippen LogP contribution in [0.15, 0.2) is 0 Å². The van der Waals surface area contributed by atoms with Gasteiger partial charge in [0.2, 0.25) is 0 Å². The summed E-state index contributed by atoms with van der Waals surface area (Å²) in [7, 11) is 0. The molecule has 0 spiro atoms. The lowest BCUT2D eigenvalue weighted by molar-refractivity contribution is -0.174. The van der Waals surface area contributed by atoms with E-state index in [1.54, 1.807) is 0 Å². The van der Waals surface area contributed by atoms with Crippen molar-refractivity contribution in [3.8, 4) is 0 Å². The molecule has 4 atom stereocenters. The van der Waals surface area contributed by atoms with E-state index in [4.69, 9.17) is 10.5 Å². The lowest BCUT2D eigenvalue weighted by Crippen LogP contribution is -2.59. The van der Waals surface area contributed by atoms with Crippen molar-refractivity contribution in [3.63, 3.8) is 0 Å². The van der Waals surface area contributed by atoms with Crippen molar-refractivity contribution in [3.05, 3.63) is 0 Å². The summed E-state index contributed by atoms with van der Waals surface area (Å²) in [6.07, 6.45) is 4.55. The van der Waals surface area contributed by atoms with E-state index in [0.29, 0.717) is 0 Å². The smallest absolute Gasteiger partial charge is 0.0883 e. The molecule has 0 aliphatic heterocycles. The molecule has 3 nitrogen and oxygen atoms in total. The number of rotatable bonds is 6. The molecule has 0 aromatic rings. The van der Waals surface area contributed by atoms with Gasteiger partial charge in [-0.1, -0.05) is 34.6 Å². The van der Waals surface area contributed by atoms with Crippen LogP contribution >= 0.6 is 0 Å². The van der Waals surface area contributed by atoms with Gasteiger partial charge >= 0.3 is 0 Å². The predicted molar refractivity (Wildman–Crippen MR) is 80.0 cm³/mol. The summed E-state index contributed by atoms with van der Waals surface area (Å²) in [6, 6.07) is 0.127. The number of hydrogen-bond acceptors (Lipinski definition) is 3. The molecule has 0 heterocycles. The van der Waals surface area contributed by atoms with Crippen molar-refractivity contribution in [1.82, 2.24) is 0 Å². The Morgan fingerprint density at radius 2 is 1.74 bits per heavy atom. The van der Waals surface area contributed by atoms with Crippen molar-refractivity contribution in [2.75, 3.05) is 0 Å². The highest BCUT2D eigenvalue weighted by Crippen LogP contribution is 2.45. The first kappa shape index (κ1) is 16.9. The third-order valence-electron chi connectivity index (χ3n) is 5.44. The Morgan fingerprint density at radius 1 is 1.21 bits per heavy atom. The van der Waals surface area contributed by atoms with E-state index in [1.165, 1.54) is 0 Å². The highest BCUT2D eigenvalue weighted by molar-refractivity contribution is 5.01. The average molecular weight is 271 g/mol. The molecule has 0 bridgehead atoms. The van der Waals surface area contributed by atoms with Crippen molar-refractivity contribution in [2.45, 2.75) is 91.1 Å². The molecule has 0 amide bonds. The molecule has 0 aromatic carbocycles. The highest BCUT2D eigenvalue weighted by Gasteiger charge is 2.49. The Balaban J connectivity index is 2.92. The standard InChI is InChI=1S/C16H33NO2/c1-6-12(7-2)19-14-11(5)13(17)10-16(8-3,9-4)15(14)18/h11-15,18H,6-10,17H2,1-5H3/t11-,13+,14+,15-/m1/s1. The third kappa shape index (κ3) is 3.32. The fraction of sp³-hybridized carbons (Fsp3) is 1.00. The van der Waals surface area contributed by atoms with Crippen LogP contribution in [0.1, 0.15) is 66.7 Å². The van der Waals surface area contributed by atoms with E-state index in [2.05, 4.69) is 34.6 Å². The molecule has 19 heavy (non-hydrogen) atoms. The summed E-state index contributed by atoms with van der Waals surface area (Å²) in [5.74, 6) is 0.224. The molecule has 1 aliphatic carbocycles. The van der Waals surface area contributed by atoms with E-state index in [0.717, 1.165) is 32.1 Å². The topological polar surface area (TPSA) is 55.5 Å². The molecule has 0 aromatic heterocycles. The number of ether oxygens (including phenoxy) is 1. The van der Waals surface area contributed by atoms with E-state index in [-0.39, 0.29) is 29.6 Å². The quantitative estimate of drug-likeness (QED) is 0.780. The van der Waals surface area contributed by atoms with Gasteiger partial charge in [-0.25, -0.2) is 0 Å². The van der Waals surface area contributed by atoms with E-state index in [1.807, 2.05) is 0 Å². The van der Waals surface area contributed by atoms with Crippen molar-refractivity contribution >= 4 is 0 Å². The maximum Gasteiger partial charge on any atom is 0.0883 e. The van der Waals surface area contributed by atoms with Crippen LogP contribution in [0.4, 0.5) is 0 Å². The average Bonchev–Trinajstić information content (AvgIpc) is 2.43. The first-order chi connectivity index (χ1) is 8.95. The summed E-state index contributed by atoms with van der Waals surface area (Å²) in [4.78, 5) is 0. The maximum absolute atomic E-state index is 10.8. The molecule has 1 rings (SSSR count). The van der Waals surface area contributed by atoms with Gasteiger partial charge in [0.25, 0.3) is 0 Å². The second-order valence-corrected chi connectivity index (χ2v) is 6.28. The van der Waals surface area contributed by atoms with Crippen LogP contribution in [0.3, 0.4) is 0 Å². The van der Waals surface area contributed by atoms with Gasteiger partial charge in [-0.2, -0.15) is 0 Å². The van der Waals surface area contributed by atoms with E-state index in [9.17, 15) is 5.11 Å². The zero-order valence-electron chi connectivity index (χ0n) is 13.4. The molecule has 1 aliphatic rings. The van der Waals surface area contributed by atoms with Gasteiger partial charge in [-0.15, -0.1) is 0 Å². The number of nitrogens with two attached hydrogens (primary N) is 1. The fourth-order valence-electron chi connectivity index (χ4n) is 3.51. The zero-order chi connectivity index (χ0) is 14.6. The minimum Gasteiger partial charge on any atom is -0.390 e. The monoisotopic (exact) mass is 271 g/mol. The van der Waals surface area contributed by atoms with Gasteiger partial charge in [-0.3, -0.25) is 0 Å². The zero-order valence-corrected chi connectivity index (χ0v) is 13.4. The molecular formula is C16H33NO2. The normalized spacial score (nSPS) is 34.7. The van der Waals surface area contributed by atoms with Crippen LogP contribution in [0, 0.1) is 11.3 Å². The summed E-state index contributed by atoms with van der Waals surface area (Å²) >= 11 is 0. The lowest BCUT2D eigenvalue weighted by atomic mass is 9.62. The molecule has 0 radical (unpaired) electrons. The largest absolute Gasteiger partial charge is 0.390 e. The van der Waals surface area contributed by atoms with Gasteiger partial charge in [0.05, 0.1) is 18.3 Å². The predicted octanol–water partition coefficient (Wildman–Crippen LogP) is 3.09. The number of aliphatic hydroxyl groups excluding tert-OH is 1. The maximum atomic E-state index is 10.8.